The number of aromatic nitrogens is 4. The maximum atomic E-state index is 12.6. The van der Waals surface area contributed by atoms with Gasteiger partial charge in [-0.25, -0.2) is 9.50 Å². The van der Waals surface area contributed by atoms with Gasteiger partial charge < -0.3 is 15.6 Å². The third-order valence-corrected chi connectivity index (χ3v) is 3.79. The first-order valence-corrected chi connectivity index (χ1v) is 7.61. The van der Waals surface area contributed by atoms with Gasteiger partial charge in [0.15, 0.2) is 5.65 Å². The largest absolute Gasteiger partial charge is 0.384 e. The van der Waals surface area contributed by atoms with Crippen molar-refractivity contribution in [3.8, 4) is 11.3 Å². The standard InChI is InChI=1S/C16H11ClN6O2/c17-10-3-1-2-9(6-10)14-12(8-25-22-14)20-16(24)11-7-19-23-5-4-13(18)21-15(11)23/h1-8H,(H2,18,21)(H,20,24). The minimum absolute atomic E-state index is 0.283. The number of nitrogen functional groups attached to an aromatic ring is 1. The van der Waals surface area contributed by atoms with Crippen LogP contribution < -0.4 is 11.1 Å². The fourth-order valence-corrected chi connectivity index (χ4v) is 2.59. The van der Waals surface area contributed by atoms with E-state index in [1.165, 1.54) is 17.0 Å². The van der Waals surface area contributed by atoms with Gasteiger partial charge in [0, 0.05) is 16.8 Å². The van der Waals surface area contributed by atoms with Gasteiger partial charge in [0.2, 0.25) is 0 Å². The molecule has 0 radical (unpaired) electrons. The summed E-state index contributed by atoms with van der Waals surface area (Å²) in [6, 6.07) is 8.68. The van der Waals surface area contributed by atoms with Crippen molar-refractivity contribution in [2.45, 2.75) is 0 Å². The van der Waals surface area contributed by atoms with Crippen LogP contribution in [0.3, 0.4) is 0 Å². The zero-order chi connectivity index (χ0) is 17.4. The van der Waals surface area contributed by atoms with Crippen molar-refractivity contribution in [3.05, 3.63) is 59.6 Å². The molecule has 0 aliphatic carbocycles. The fourth-order valence-electron chi connectivity index (χ4n) is 2.40. The molecule has 1 aromatic carbocycles. The van der Waals surface area contributed by atoms with Gasteiger partial charge in [-0.3, -0.25) is 4.79 Å². The highest BCUT2D eigenvalue weighted by Gasteiger charge is 2.18. The van der Waals surface area contributed by atoms with Crippen molar-refractivity contribution in [2.75, 3.05) is 11.1 Å². The lowest BCUT2D eigenvalue weighted by Gasteiger charge is -2.04. The molecule has 0 aliphatic rings. The Morgan fingerprint density at radius 3 is 3.04 bits per heavy atom. The van der Waals surface area contributed by atoms with Crippen LogP contribution in [0.1, 0.15) is 10.4 Å². The average molecular weight is 355 g/mol. The van der Waals surface area contributed by atoms with Crippen LogP contribution in [-0.4, -0.2) is 25.7 Å². The number of carbonyl (C=O) groups is 1. The molecule has 0 saturated heterocycles. The number of nitrogens with zero attached hydrogens (tertiary/aromatic N) is 4. The number of hydrogen-bond acceptors (Lipinski definition) is 6. The molecule has 8 nitrogen and oxygen atoms in total. The lowest BCUT2D eigenvalue weighted by Crippen LogP contribution is -2.12. The molecular formula is C16H11ClN6O2. The second-order valence-corrected chi connectivity index (χ2v) is 5.66. The molecule has 0 atom stereocenters. The van der Waals surface area contributed by atoms with Crippen LogP contribution in [0.15, 0.2) is 53.5 Å². The minimum atomic E-state index is -0.403. The van der Waals surface area contributed by atoms with E-state index in [2.05, 4.69) is 20.6 Å². The summed E-state index contributed by atoms with van der Waals surface area (Å²) in [7, 11) is 0. The van der Waals surface area contributed by atoms with Crippen molar-refractivity contribution in [2.24, 2.45) is 0 Å². The summed E-state index contributed by atoms with van der Waals surface area (Å²) >= 11 is 6.00. The van der Waals surface area contributed by atoms with Crippen LogP contribution in [0.5, 0.6) is 0 Å². The van der Waals surface area contributed by atoms with Gasteiger partial charge in [-0.15, -0.1) is 0 Å². The molecule has 3 N–H and O–H groups in total. The summed E-state index contributed by atoms with van der Waals surface area (Å²) < 4.78 is 6.47. The minimum Gasteiger partial charge on any atom is -0.384 e. The van der Waals surface area contributed by atoms with E-state index in [1.54, 1.807) is 30.5 Å². The summed E-state index contributed by atoms with van der Waals surface area (Å²) in [6.45, 7) is 0. The van der Waals surface area contributed by atoms with Crippen molar-refractivity contribution >= 4 is 34.7 Å². The summed E-state index contributed by atoms with van der Waals surface area (Å²) in [5, 5.41) is 11.3. The predicted molar refractivity (Wildman–Crippen MR) is 92.3 cm³/mol. The molecular weight excluding hydrogens is 344 g/mol. The molecule has 25 heavy (non-hydrogen) atoms. The van der Waals surface area contributed by atoms with E-state index in [0.717, 1.165) is 5.56 Å². The van der Waals surface area contributed by atoms with E-state index in [4.69, 9.17) is 21.9 Å². The third kappa shape index (κ3) is 2.79. The normalized spacial score (nSPS) is 10.9. The Kier molecular flexibility index (Phi) is 3.58. The number of rotatable bonds is 3. The zero-order valence-electron chi connectivity index (χ0n) is 12.7. The second-order valence-electron chi connectivity index (χ2n) is 5.22. The second kappa shape index (κ2) is 5.91. The molecule has 124 valence electrons. The van der Waals surface area contributed by atoms with Gasteiger partial charge in [-0.2, -0.15) is 5.10 Å². The first-order chi connectivity index (χ1) is 12.1. The van der Waals surface area contributed by atoms with E-state index < -0.39 is 5.91 Å². The highest BCUT2D eigenvalue weighted by Crippen LogP contribution is 2.28. The van der Waals surface area contributed by atoms with Crippen LogP contribution in [0.4, 0.5) is 11.5 Å². The highest BCUT2D eigenvalue weighted by atomic mass is 35.5. The van der Waals surface area contributed by atoms with Crippen molar-refractivity contribution in [1.82, 2.24) is 19.8 Å². The summed E-state index contributed by atoms with van der Waals surface area (Å²) in [6.07, 6.45) is 4.40. The average Bonchev–Trinajstić information content (AvgIpc) is 3.21. The van der Waals surface area contributed by atoms with E-state index in [-0.39, 0.29) is 5.56 Å². The molecule has 0 aliphatic heterocycles. The molecule has 3 heterocycles. The number of halogens is 1. The number of nitrogens with one attached hydrogen (secondary N) is 1. The Labute approximate surface area is 146 Å². The fraction of sp³-hybridized carbons (Fsp3) is 0. The summed E-state index contributed by atoms with van der Waals surface area (Å²) in [5.74, 6) is -0.105. The lowest BCUT2D eigenvalue weighted by atomic mass is 10.1. The van der Waals surface area contributed by atoms with Crippen LogP contribution in [0.25, 0.3) is 16.9 Å². The maximum Gasteiger partial charge on any atom is 0.261 e. The van der Waals surface area contributed by atoms with E-state index in [0.29, 0.717) is 27.9 Å². The molecule has 0 saturated carbocycles. The number of anilines is 2. The molecule has 3 aromatic heterocycles. The third-order valence-electron chi connectivity index (χ3n) is 3.55. The monoisotopic (exact) mass is 354 g/mol. The molecule has 0 fully saturated rings. The molecule has 0 unspecified atom stereocenters. The number of amides is 1. The molecule has 0 bridgehead atoms. The number of fused-ring (bicyclic) bond motifs is 1. The van der Waals surface area contributed by atoms with Gasteiger partial charge in [0.25, 0.3) is 5.91 Å². The lowest BCUT2D eigenvalue weighted by molar-refractivity contribution is 0.102. The SMILES string of the molecule is Nc1ccn2ncc(C(=O)Nc3conc3-c3cccc(Cl)c3)c2n1. The Balaban J connectivity index is 1.68. The topological polar surface area (TPSA) is 111 Å². The Morgan fingerprint density at radius 2 is 2.20 bits per heavy atom. The first kappa shape index (κ1) is 15.2. The maximum absolute atomic E-state index is 12.6. The first-order valence-electron chi connectivity index (χ1n) is 7.23. The van der Waals surface area contributed by atoms with Crippen LogP contribution in [0.2, 0.25) is 5.02 Å². The number of nitrogens with two attached hydrogens (primary N) is 1. The van der Waals surface area contributed by atoms with E-state index in [9.17, 15) is 4.79 Å². The van der Waals surface area contributed by atoms with Crippen LogP contribution in [0, 0.1) is 0 Å². The summed E-state index contributed by atoms with van der Waals surface area (Å²) in [4.78, 5) is 16.7. The smallest absolute Gasteiger partial charge is 0.261 e. The Morgan fingerprint density at radius 1 is 1.32 bits per heavy atom. The van der Waals surface area contributed by atoms with Gasteiger partial charge in [0.1, 0.15) is 29.0 Å². The molecule has 4 rings (SSSR count). The zero-order valence-corrected chi connectivity index (χ0v) is 13.4. The number of carbonyl (C=O) groups excluding carboxylic acids is 1. The molecule has 9 heteroatoms. The number of benzene rings is 1. The van der Waals surface area contributed by atoms with Crippen molar-refractivity contribution in [1.29, 1.82) is 0 Å². The molecule has 4 aromatic rings. The Bertz CT molecular complexity index is 1090. The van der Waals surface area contributed by atoms with Gasteiger partial charge in [-0.1, -0.05) is 28.9 Å². The highest BCUT2D eigenvalue weighted by molar-refractivity contribution is 6.30. The van der Waals surface area contributed by atoms with E-state index in [1.807, 2.05) is 6.07 Å². The Hall–Kier alpha value is -3.39. The van der Waals surface area contributed by atoms with Crippen molar-refractivity contribution in [3.63, 3.8) is 0 Å². The quantitative estimate of drug-likeness (QED) is 0.585. The number of hydrogen-bond donors (Lipinski definition) is 2. The molecule has 0 spiro atoms. The van der Waals surface area contributed by atoms with Crippen LogP contribution >= 0.6 is 11.6 Å². The van der Waals surface area contributed by atoms with Gasteiger partial charge >= 0.3 is 0 Å². The van der Waals surface area contributed by atoms with Gasteiger partial charge in [0.05, 0.1) is 6.20 Å². The van der Waals surface area contributed by atoms with Crippen molar-refractivity contribution < 1.29 is 9.32 Å². The molecule has 1 amide bonds. The van der Waals surface area contributed by atoms with Gasteiger partial charge in [-0.05, 0) is 18.2 Å². The van der Waals surface area contributed by atoms with E-state index >= 15 is 0 Å². The van der Waals surface area contributed by atoms with Crippen LogP contribution in [-0.2, 0) is 0 Å². The summed E-state index contributed by atoms with van der Waals surface area (Å²) in [5.41, 5.74) is 7.93. The predicted octanol–water partition coefficient (Wildman–Crippen LogP) is 2.87.